The molecule has 0 aliphatic rings. The van der Waals surface area contributed by atoms with Gasteiger partial charge in [-0.2, -0.15) is 0 Å². The van der Waals surface area contributed by atoms with Gasteiger partial charge in [-0.1, -0.05) is 26.8 Å². The van der Waals surface area contributed by atoms with Crippen LogP contribution in [0.15, 0.2) is 22.7 Å². The predicted octanol–water partition coefficient (Wildman–Crippen LogP) is 4.65. The Labute approximate surface area is 101 Å². The molecule has 1 aromatic carbocycles. The van der Waals surface area contributed by atoms with E-state index in [2.05, 4.69) is 20.7 Å². The Balaban J connectivity index is 3.01. The quantitative estimate of drug-likeness (QED) is 0.733. The summed E-state index contributed by atoms with van der Waals surface area (Å²) in [6.45, 7) is 5.96. The first kappa shape index (κ1) is 13.4. The molecule has 90 valence electrons. The maximum Gasteiger partial charge on any atom is 0.573 e. The molecule has 0 aliphatic carbocycles. The van der Waals surface area contributed by atoms with Crippen LogP contribution in [0, 0.1) is 0 Å². The summed E-state index contributed by atoms with van der Waals surface area (Å²) in [5, 5.41) is 0. The maximum absolute atomic E-state index is 12.0. The van der Waals surface area contributed by atoms with Gasteiger partial charge in [-0.25, -0.2) is 0 Å². The second-order valence-corrected chi connectivity index (χ2v) is 5.30. The van der Waals surface area contributed by atoms with Gasteiger partial charge in [0.15, 0.2) is 0 Å². The van der Waals surface area contributed by atoms with Crippen molar-refractivity contribution in [3.63, 3.8) is 0 Å². The van der Waals surface area contributed by atoms with Crippen LogP contribution in [0.2, 0.25) is 0 Å². The molecule has 0 aromatic heterocycles. The van der Waals surface area contributed by atoms with Crippen LogP contribution in [0.1, 0.15) is 26.3 Å². The van der Waals surface area contributed by atoms with Gasteiger partial charge in [0.2, 0.25) is 0 Å². The summed E-state index contributed by atoms with van der Waals surface area (Å²) in [4.78, 5) is 0. The molecule has 0 saturated carbocycles. The zero-order valence-electron chi connectivity index (χ0n) is 9.15. The lowest BCUT2D eigenvalue weighted by Crippen LogP contribution is -2.18. The Morgan fingerprint density at radius 1 is 1.12 bits per heavy atom. The highest BCUT2D eigenvalue weighted by Crippen LogP contribution is 2.34. The average molecular weight is 297 g/mol. The van der Waals surface area contributed by atoms with Gasteiger partial charge in [-0.05, 0) is 39.0 Å². The summed E-state index contributed by atoms with van der Waals surface area (Å²) < 4.78 is 40.2. The van der Waals surface area contributed by atoms with E-state index in [4.69, 9.17) is 0 Å². The van der Waals surface area contributed by atoms with Crippen molar-refractivity contribution in [1.82, 2.24) is 0 Å². The molecule has 0 heterocycles. The van der Waals surface area contributed by atoms with E-state index in [0.29, 0.717) is 4.47 Å². The third-order valence-corrected chi connectivity index (χ3v) is 2.64. The highest BCUT2D eigenvalue weighted by Gasteiger charge is 2.32. The molecule has 0 fully saturated rings. The summed E-state index contributed by atoms with van der Waals surface area (Å²) in [5.74, 6) is -0.222. The van der Waals surface area contributed by atoms with Crippen LogP contribution in [-0.2, 0) is 5.41 Å². The molecule has 0 N–H and O–H groups in total. The number of hydrogen-bond donors (Lipinski definition) is 0. The minimum Gasteiger partial charge on any atom is -0.405 e. The van der Waals surface area contributed by atoms with Crippen molar-refractivity contribution in [3.05, 3.63) is 28.2 Å². The fourth-order valence-electron chi connectivity index (χ4n) is 1.17. The molecule has 0 radical (unpaired) electrons. The molecule has 1 aromatic rings. The van der Waals surface area contributed by atoms with E-state index in [-0.39, 0.29) is 11.2 Å². The Hall–Kier alpha value is -0.710. The fraction of sp³-hybridized carbons (Fsp3) is 0.455. The largest absolute Gasteiger partial charge is 0.573 e. The summed E-state index contributed by atoms with van der Waals surface area (Å²) in [5.41, 5.74) is 0.827. The molecular formula is C11H12BrF3O. The molecule has 5 heteroatoms. The van der Waals surface area contributed by atoms with Gasteiger partial charge in [-0.15, -0.1) is 13.2 Å². The molecule has 0 spiro atoms. The van der Waals surface area contributed by atoms with Crippen LogP contribution < -0.4 is 4.74 Å². The van der Waals surface area contributed by atoms with Crippen LogP contribution in [0.25, 0.3) is 0 Å². The number of hydrogen-bond acceptors (Lipinski definition) is 1. The molecule has 16 heavy (non-hydrogen) atoms. The molecule has 1 nitrogen and oxygen atoms in total. The second kappa shape index (κ2) is 4.28. The SMILES string of the molecule is CC(C)(C)c1ccc(OC(F)(F)F)c(Br)c1. The van der Waals surface area contributed by atoms with Crippen molar-refractivity contribution in [2.24, 2.45) is 0 Å². The topological polar surface area (TPSA) is 9.23 Å². The van der Waals surface area contributed by atoms with Crippen LogP contribution in [0.4, 0.5) is 13.2 Å². The number of benzene rings is 1. The van der Waals surface area contributed by atoms with E-state index < -0.39 is 6.36 Å². The molecule has 0 bridgehead atoms. The fourth-order valence-corrected chi connectivity index (χ4v) is 1.63. The smallest absolute Gasteiger partial charge is 0.405 e. The van der Waals surface area contributed by atoms with Gasteiger partial charge in [0, 0.05) is 0 Å². The summed E-state index contributed by atoms with van der Waals surface area (Å²) in [7, 11) is 0. The van der Waals surface area contributed by atoms with Gasteiger partial charge in [0.1, 0.15) is 5.75 Å². The van der Waals surface area contributed by atoms with E-state index >= 15 is 0 Å². The van der Waals surface area contributed by atoms with Crippen LogP contribution in [0.3, 0.4) is 0 Å². The van der Waals surface area contributed by atoms with Gasteiger partial charge in [0.05, 0.1) is 4.47 Å². The molecular weight excluding hydrogens is 285 g/mol. The molecule has 1 rings (SSSR count). The van der Waals surface area contributed by atoms with E-state index in [1.165, 1.54) is 6.07 Å². The van der Waals surface area contributed by atoms with Crippen molar-refractivity contribution in [1.29, 1.82) is 0 Å². The van der Waals surface area contributed by atoms with Crippen molar-refractivity contribution < 1.29 is 17.9 Å². The summed E-state index contributed by atoms with van der Waals surface area (Å²) in [6, 6.07) is 4.59. The first-order chi connectivity index (χ1) is 7.09. The first-order valence-corrected chi connectivity index (χ1v) is 5.45. The Bertz CT molecular complexity index is 380. The van der Waals surface area contributed by atoms with E-state index in [9.17, 15) is 13.2 Å². The predicted molar refractivity (Wildman–Crippen MR) is 59.5 cm³/mol. The average Bonchev–Trinajstić information content (AvgIpc) is 2.04. The van der Waals surface area contributed by atoms with Crippen molar-refractivity contribution in [2.45, 2.75) is 32.5 Å². The van der Waals surface area contributed by atoms with Crippen LogP contribution in [-0.4, -0.2) is 6.36 Å². The lowest BCUT2D eigenvalue weighted by molar-refractivity contribution is -0.274. The lowest BCUT2D eigenvalue weighted by Gasteiger charge is -2.20. The zero-order chi connectivity index (χ0) is 12.6. The van der Waals surface area contributed by atoms with Crippen molar-refractivity contribution in [2.75, 3.05) is 0 Å². The molecule has 0 atom stereocenters. The third-order valence-electron chi connectivity index (χ3n) is 2.02. The molecule has 0 unspecified atom stereocenters. The minimum absolute atomic E-state index is 0.112. The first-order valence-electron chi connectivity index (χ1n) is 4.65. The normalized spacial score (nSPS) is 12.7. The Morgan fingerprint density at radius 3 is 2.06 bits per heavy atom. The Kier molecular flexibility index (Phi) is 3.57. The van der Waals surface area contributed by atoms with Crippen molar-refractivity contribution in [3.8, 4) is 5.75 Å². The molecule has 0 aliphatic heterocycles. The number of alkyl halides is 3. The highest BCUT2D eigenvalue weighted by atomic mass is 79.9. The maximum atomic E-state index is 12.0. The monoisotopic (exact) mass is 296 g/mol. The molecule has 0 saturated heterocycles. The summed E-state index contributed by atoms with van der Waals surface area (Å²) >= 11 is 3.07. The van der Waals surface area contributed by atoms with Crippen LogP contribution >= 0.6 is 15.9 Å². The van der Waals surface area contributed by atoms with Crippen molar-refractivity contribution >= 4 is 15.9 Å². The van der Waals surface area contributed by atoms with Gasteiger partial charge >= 0.3 is 6.36 Å². The minimum atomic E-state index is -4.66. The van der Waals surface area contributed by atoms with Gasteiger partial charge < -0.3 is 4.74 Å². The van der Waals surface area contributed by atoms with E-state index in [1.807, 2.05) is 20.8 Å². The standard InChI is InChI=1S/C11H12BrF3O/c1-10(2,3)7-4-5-9(8(12)6-7)16-11(13,14)15/h4-6H,1-3H3. The lowest BCUT2D eigenvalue weighted by atomic mass is 9.87. The number of rotatable bonds is 1. The van der Waals surface area contributed by atoms with Crippen LogP contribution in [0.5, 0.6) is 5.75 Å². The van der Waals surface area contributed by atoms with E-state index in [1.54, 1.807) is 12.1 Å². The highest BCUT2D eigenvalue weighted by molar-refractivity contribution is 9.10. The van der Waals surface area contributed by atoms with Gasteiger partial charge in [-0.3, -0.25) is 0 Å². The second-order valence-electron chi connectivity index (χ2n) is 4.44. The van der Waals surface area contributed by atoms with E-state index in [0.717, 1.165) is 5.56 Å². The Morgan fingerprint density at radius 2 is 1.69 bits per heavy atom. The number of halogens is 4. The van der Waals surface area contributed by atoms with Gasteiger partial charge in [0.25, 0.3) is 0 Å². The third kappa shape index (κ3) is 3.70. The zero-order valence-corrected chi connectivity index (χ0v) is 10.7. The summed E-state index contributed by atoms with van der Waals surface area (Å²) in [6.07, 6.45) is -4.66. The number of ether oxygens (including phenoxy) is 1. The molecule has 0 amide bonds.